The molecule has 13 nitrogen and oxygen atoms in total. The minimum atomic E-state index is -4.43. The number of carbonyl (C=O) groups excluding carboxylic acids is 4. The van der Waals surface area contributed by atoms with Gasteiger partial charge in [0.25, 0.3) is 21.8 Å². The largest absolute Gasteiger partial charge is 0.497 e. The van der Waals surface area contributed by atoms with E-state index < -0.39 is 51.3 Å². The van der Waals surface area contributed by atoms with Gasteiger partial charge < -0.3 is 25.0 Å². The van der Waals surface area contributed by atoms with Crippen LogP contribution in [0.15, 0.2) is 95.9 Å². The van der Waals surface area contributed by atoms with Gasteiger partial charge in [-0.05, 0) is 56.0 Å². The van der Waals surface area contributed by atoms with Crippen molar-refractivity contribution in [1.82, 2.24) is 25.2 Å². The number of hydrogen-bond acceptors (Lipinski definition) is 9. The number of likely N-dealkylation sites (tertiary alicyclic amines) is 1. The molecule has 0 unspecified atom stereocenters. The van der Waals surface area contributed by atoms with Crippen molar-refractivity contribution in [2.75, 3.05) is 20.2 Å². The fourth-order valence-corrected chi connectivity index (χ4v) is 8.39. The molecule has 4 amide bonds. The highest BCUT2D eigenvalue weighted by Crippen LogP contribution is 2.46. The van der Waals surface area contributed by atoms with Gasteiger partial charge in [-0.15, -0.1) is 0 Å². The molecule has 2 aliphatic heterocycles. The number of amides is 4. The molecule has 2 fully saturated rings. The SMILES string of the molecule is COc1ccc2c(O[C@@H]3C[C@@H](C(=O)N[C@]45C[C@@H]4/C=C\CCCCCNC(=O)c4cccc(c4)S(=O)(=O)NC5=O)N(C(C)=O)C3)cc(-c3ccccc3)nc2c1. The fraction of sp³-hybridized carbons (Fsp3) is 0.341. The third-order valence-corrected chi connectivity index (χ3v) is 11.7. The number of aromatic nitrogens is 1. The molecule has 7 rings (SSSR count). The Balaban J connectivity index is 1.14. The second-order valence-corrected chi connectivity index (χ2v) is 15.9. The first kappa shape index (κ1) is 37.6. The summed E-state index contributed by atoms with van der Waals surface area (Å²) in [5.41, 5.74) is 0.763. The molecular weight excluding hydrogens is 723 g/mol. The van der Waals surface area contributed by atoms with Gasteiger partial charge in [0.05, 0.1) is 29.8 Å². The predicted molar refractivity (Wildman–Crippen MR) is 205 cm³/mol. The second kappa shape index (κ2) is 15.5. The lowest BCUT2D eigenvalue weighted by Crippen LogP contribution is -2.56. The molecule has 1 aliphatic carbocycles. The Bertz CT molecular complexity index is 2280. The molecule has 286 valence electrons. The van der Waals surface area contributed by atoms with E-state index in [2.05, 4.69) is 15.4 Å². The van der Waals surface area contributed by atoms with E-state index in [1.54, 1.807) is 13.2 Å². The number of carbonyl (C=O) groups is 4. The Hall–Kier alpha value is -5.76. The first-order valence-corrected chi connectivity index (χ1v) is 19.9. The molecule has 4 atom stereocenters. The number of sulfonamides is 1. The monoisotopic (exact) mass is 765 g/mol. The van der Waals surface area contributed by atoms with Crippen LogP contribution in [0.2, 0.25) is 0 Å². The van der Waals surface area contributed by atoms with Crippen molar-refractivity contribution >= 4 is 44.6 Å². The summed E-state index contributed by atoms with van der Waals surface area (Å²) >= 11 is 0. The average molecular weight is 766 g/mol. The first-order valence-electron chi connectivity index (χ1n) is 18.4. The lowest BCUT2D eigenvalue weighted by molar-refractivity contribution is -0.138. The Labute approximate surface area is 319 Å². The summed E-state index contributed by atoms with van der Waals surface area (Å²) in [5.74, 6) is -1.60. The van der Waals surface area contributed by atoms with Crippen LogP contribution >= 0.6 is 0 Å². The highest BCUT2D eigenvalue weighted by molar-refractivity contribution is 7.90. The maximum atomic E-state index is 14.2. The molecule has 55 heavy (non-hydrogen) atoms. The van der Waals surface area contributed by atoms with Gasteiger partial charge in [-0.25, -0.2) is 18.1 Å². The van der Waals surface area contributed by atoms with Crippen LogP contribution in [-0.4, -0.2) is 79.8 Å². The van der Waals surface area contributed by atoms with E-state index in [0.29, 0.717) is 35.7 Å². The van der Waals surface area contributed by atoms with Gasteiger partial charge >= 0.3 is 0 Å². The van der Waals surface area contributed by atoms with Crippen LogP contribution in [0.4, 0.5) is 0 Å². The predicted octanol–water partition coefficient (Wildman–Crippen LogP) is 4.52. The summed E-state index contributed by atoms with van der Waals surface area (Å²) in [4.78, 5) is 59.8. The van der Waals surface area contributed by atoms with Crippen molar-refractivity contribution < 1.29 is 37.1 Å². The Morgan fingerprint density at radius 3 is 2.55 bits per heavy atom. The van der Waals surface area contributed by atoms with Crippen molar-refractivity contribution in [2.45, 2.75) is 68.0 Å². The topological polar surface area (TPSA) is 173 Å². The summed E-state index contributed by atoms with van der Waals surface area (Å²) in [6.45, 7) is 1.92. The number of ether oxygens (including phenoxy) is 2. The van der Waals surface area contributed by atoms with Crippen LogP contribution in [0.1, 0.15) is 55.8 Å². The number of methoxy groups -OCH3 is 1. The molecule has 1 aromatic heterocycles. The number of nitrogens with zero attached hydrogens (tertiary/aromatic N) is 2. The highest BCUT2D eigenvalue weighted by Gasteiger charge is 2.61. The van der Waals surface area contributed by atoms with Gasteiger partial charge in [0, 0.05) is 54.5 Å². The van der Waals surface area contributed by atoms with E-state index in [1.165, 1.54) is 36.1 Å². The number of allylic oxidation sites excluding steroid dienone is 1. The van der Waals surface area contributed by atoms with Crippen molar-refractivity contribution in [3.63, 3.8) is 0 Å². The molecule has 1 saturated carbocycles. The lowest BCUT2D eigenvalue weighted by atomic mass is 10.1. The Morgan fingerprint density at radius 2 is 1.76 bits per heavy atom. The average Bonchev–Trinajstić information content (AvgIpc) is 3.71. The number of benzene rings is 3. The van der Waals surface area contributed by atoms with Crippen molar-refractivity contribution in [1.29, 1.82) is 0 Å². The van der Waals surface area contributed by atoms with Gasteiger partial charge in [-0.1, -0.05) is 55.0 Å². The molecule has 4 aromatic rings. The minimum absolute atomic E-state index is 0.106. The third kappa shape index (κ3) is 8.04. The minimum Gasteiger partial charge on any atom is -0.497 e. The maximum Gasteiger partial charge on any atom is 0.264 e. The number of nitrogens with one attached hydrogen (secondary N) is 3. The summed E-state index contributed by atoms with van der Waals surface area (Å²) in [7, 11) is -2.85. The van der Waals surface area contributed by atoms with E-state index in [0.717, 1.165) is 30.2 Å². The van der Waals surface area contributed by atoms with Gasteiger partial charge in [0.1, 0.15) is 29.2 Å². The van der Waals surface area contributed by atoms with Crippen LogP contribution in [0.3, 0.4) is 0 Å². The van der Waals surface area contributed by atoms with Crippen molar-refractivity contribution in [3.8, 4) is 22.8 Å². The normalized spacial score (nSPS) is 24.4. The van der Waals surface area contributed by atoms with E-state index >= 15 is 0 Å². The molecule has 3 aliphatic rings. The van der Waals surface area contributed by atoms with Gasteiger partial charge in [-0.2, -0.15) is 0 Å². The second-order valence-electron chi connectivity index (χ2n) is 14.2. The molecular formula is C41H43N5O8S. The van der Waals surface area contributed by atoms with E-state index in [4.69, 9.17) is 14.5 Å². The zero-order chi connectivity index (χ0) is 38.7. The van der Waals surface area contributed by atoms with Crippen LogP contribution in [0.5, 0.6) is 11.5 Å². The van der Waals surface area contributed by atoms with Crippen LogP contribution in [-0.2, 0) is 24.4 Å². The van der Waals surface area contributed by atoms with E-state index in [9.17, 15) is 27.6 Å². The molecule has 14 heteroatoms. The molecule has 0 radical (unpaired) electrons. The van der Waals surface area contributed by atoms with Crippen LogP contribution in [0.25, 0.3) is 22.2 Å². The van der Waals surface area contributed by atoms with E-state index in [1.807, 2.05) is 60.7 Å². The summed E-state index contributed by atoms with van der Waals surface area (Å²) in [6.07, 6.45) is 6.62. The number of hydrogen-bond donors (Lipinski definition) is 3. The first-order chi connectivity index (χ1) is 26.5. The van der Waals surface area contributed by atoms with Gasteiger partial charge in [0.2, 0.25) is 11.8 Å². The number of fused-ring (bicyclic) bond motifs is 4. The van der Waals surface area contributed by atoms with Crippen LogP contribution < -0.4 is 24.8 Å². The Kier molecular flexibility index (Phi) is 10.6. The molecule has 3 heterocycles. The van der Waals surface area contributed by atoms with Crippen molar-refractivity contribution in [3.05, 3.63) is 96.6 Å². The van der Waals surface area contributed by atoms with Gasteiger partial charge in [0.15, 0.2) is 0 Å². The standard InChI is InChI=1S/C41H43N5O8S/c1-26(47)46-25-31(54-37-23-34(27-12-7-6-8-13-27)43-35-21-30(53-2)17-18-33(35)37)22-36(46)39(49)44-41-24-29(41)15-9-4-3-5-10-19-42-38(48)28-14-11-16-32(20-28)55(51,52)45-40(41)50/h6-9,11-18,20-21,23,29,31,36H,3-5,10,19,22,24-25H2,1-2H3,(H,42,48)(H,44,49)(H,45,50)/b15-9-/t29-,31+,36-,41+/m0/s1. The molecule has 3 N–H and O–H groups in total. The Morgan fingerprint density at radius 1 is 0.964 bits per heavy atom. The van der Waals surface area contributed by atoms with Gasteiger partial charge in [-0.3, -0.25) is 19.2 Å². The molecule has 1 saturated heterocycles. The zero-order valence-electron chi connectivity index (χ0n) is 30.6. The number of rotatable bonds is 6. The summed E-state index contributed by atoms with van der Waals surface area (Å²) in [6, 6.07) is 21.4. The summed E-state index contributed by atoms with van der Waals surface area (Å²) < 4.78 is 41.2. The third-order valence-electron chi connectivity index (χ3n) is 10.4. The number of pyridine rings is 1. The lowest BCUT2D eigenvalue weighted by Gasteiger charge is -2.25. The molecule has 3 aromatic carbocycles. The molecule has 2 bridgehead atoms. The van der Waals surface area contributed by atoms with E-state index in [-0.39, 0.29) is 35.8 Å². The smallest absolute Gasteiger partial charge is 0.264 e. The van der Waals surface area contributed by atoms with Crippen LogP contribution in [0, 0.1) is 5.92 Å². The quantitative estimate of drug-likeness (QED) is 0.239. The molecule has 0 spiro atoms. The fourth-order valence-electron chi connectivity index (χ4n) is 7.31. The summed E-state index contributed by atoms with van der Waals surface area (Å²) in [5, 5.41) is 6.39. The van der Waals surface area contributed by atoms with Crippen molar-refractivity contribution in [2.24, 2.45) is 5.92 Å². The highest BCUT2D eigenvalue weighted by atomic mass is 32.2. The zero-order valence-corrected chi connectivity index (χ0v) is 31.4. The maximum absolute atomic E-state index is 14.2.